The fourth-order valence-electron chi connectivity index (χ4n) is 2.75. The fourth-order valence-corrected chi connectivity index (χ4v) is 2.75. The van der Waals surface area contributed by atoms with Crippen LogP contribution in [0.5, 0.6) is 0 Å². The molecule has 2 rings (SSSR count). The average molecular weight is 374 g/mol. The Kier molecular flexibility index (Phi) is 6.55. The van der Waals surface area contributed by atoms with Crippen LogP contribution in [0.1, 0.15) is 31.7 Å². The normalized spacial score (nSPS) is 16.4. The SMILES string of the molecule is CCOC(=O)CC1=C(C(=O)OCC)C(c2ccccc2F)C(C#N)=C(N)O1. The number of ether oxygens (including phenoxy) is 3. The van der Waals surface area contributed by atoms with Crippen molar-refractivity contribution in [1.82, 2.24) is 0 Å². The number of benzene rings is 1. The number of allylic oxidation sites excluding steroid dienone is 1. The third kappa shape index (κ3) is 4.26. The van der Waals surface area contributed by atoms with Crippen molar-refractivity contribution in [3.05, 3.63) is 58.4 Å². The van der Waals surface area contributed by atoms with Gasteiger partial charge in [-0.25, -0.2) is 9.18 Å². The van der Waals surface area contributed by atoms with Crippen molar-refractivity contribution in [2.24, 2.45) is 5.73 Å². The molecule has 0 radical (unpaired) electrons. The lowest BCUT2D eigenvalue weighted by Gasteiger charge is -2.28. The summed E-state index contributed by atoms with van der Waals surface area (Å²) in [6, 6.07) is 7.53. The predicted molar refractivity (Wildman–Crippen MR) is 92.0 cm³/mol. The number of rotatable bonds is 6. The van der Waals surface area contributed by atoms with Crippen molar-refractivity contribution in [2.45, 2.75) is 26.2 Å². The molecule has 1 aromatic rings. The molecule has 0 saturated carbocycles. The number of nitrogens with zero attached hydrogens (tertiary/aromatic N) is 1. The van der Waals surface area contributed by atoms with E-state index in [1.807, 2.05) is 6.07 Å². The summed E-state index contributed by atoms with van der Waals surface area (Å²) in [6.07, 6.45) is -0.410. The second-order valence-corrected chi connectivity index (χ2v) is 5.49. The number of hydrogen-bond donors (Lipinski definition) is 1. The standard InChI is InChI=1S/C19H19FN2O5/c1-3-25-15(23)9-14-17(19(24)26-4-2)16(12(10-21)18(22)27-14)11-7-5-6-8-13(11)20/h5-8,16H,3-4,9,22H2,1-2H3. The Hall–Kier alpha value is -3.34. The Morgan fingerprint density at radius 3 is 2.52 bits per heavy atom. The van der Waals surface area contributed by atoms with Gasteiger partial charge >= 0.3 is 11.9 Å². The Bertz CT molecular complexity index is 854. The average Bonchev–Trinajstić information content (AvgIpc) is 2.62. The van der Waals surface area contributed by atoms with Crippen molar-refractivity contribution in [2.75, 3.05) is 13.2 Å². The van der Waals surface area contributed by atoms with Crippen molar-refractivity contribution >= 4 is 11.9 Å². The van der Waals surface area contributed by atoms with E-state index in [0.29, 0.717) is 0 Å². The molecule has 0 saturated heterocycles. The topological polar surface area (TPSA) is 112 Å². The summed E-state index contributed by atoms with van der Waals surface area (Å²) in [4.78, 5) is 24.5. The lowest BCUT2D eigenvalue weighted by atomic mass is 9.82. The quantitative estimate of drug-likeness (QED) is 0.761. The van der Waals surface area contributed by atoms with E-state index in [2.05, 4.69) is 0 Å². The van der Waals surface area contributed by atoms with E-state index in [1.165, 1.54) is 18.2 Å². The Morgan fingerprint density at radius 1 is 1.26 bits per heavy atom. The summed E-state index contributed by atoms with van der Waals surface area (Å²) in [5.41, 5.74) is 5.57. The number of carbonyl (C=O) groups is 2. The highest BCUT2D eigenvalue weighted by Gasteiger charge is 2.39. The summed E-state index contributed by atoms with van der Waals surface area (Å²) in [7, 11) is 0. The van der Waals surface area contributed by atoms with Crippen LogP contribution in [0, 0.1) is 17.1 Å². The van der Waals surface area contributed by atoms with Gasteiger partial charge in [-0.1, -0.05) is 18.2 Å². The molecule has 0 bridgehead atoms. The van der Waals surface area contributed by atoms with Crippen LogP contribution in [0.2, 0.25) is 0 Å². The zero-order valence-corrected chi connectivity index (χ0v) is 15.0. The van der Waals surface area contributed by atoms with E-state index in [4.69, 9.17) is 19.9 Å². The summed E-state index contributed by atoms with van der Waals surface area (Å²) in [6.45, 7) is 3.40. The maximum Gasteiger partial charge on any atom is 0.338 e. The van der Waals surface area contributed by atoms with Gasteiger partial charge in [0.1, 0.15) is 29.6 Å². The fraction of sp³-hybridized carbons (Fsp3) is 0.316. The molecular weight excluding hydrogens is 355 g/mol. The van der Waals surface area contributed by atoms with Gasteiger partial charge in [-0.15, -0.1) is 0 Å². The van der Waals surface area contributed by atoms with Crippen LogP contribution in [0.4, 0.5) is 4.39 Å². The molecule has 0 aliphatic carbocycles. The van der Waals surface area contributed by atoms with Crippen LogP contribution in [0.25, 0.3) is 0 Å². The Morgan fingerprint density at radius 2 is 1.93 bits per heavy atom. The summed E-state index contributed by atoms with van der Waals surface area (Å²) in [5, 5.41) is 9.51. The maximum atomic E-state index is 14.5. The molecule has 1 aliphatic rings. The first-order chi connectivity index (χ1) is 12.9. The predicted octanol–water partition coefficient (Wildman–Crippen LogP) is 2.40. The van der Waals surface area contributed by atoms with Crippen molar-refractivity contribution < 1.29 is 28.2 Å². The molecule has 1 aromatic carbocycles. The van der Waals surface area contributed by atoms with E-state index >= 15 is 0 Å². The molecule has 0 fully saturated rings. The number of nitrogens with two attached hydrogens (primary N) is 1. The Balaban J connectivity index is 2.66. The summed E-state index contributed by atoms with van der Waals surface area (Å²) >= 11 is 0. The largest absolute Gasteiger partial charge is 0.466 e. The zero-order chi connectivity index (χ0) is 20.0. The van der Waals surface area contributed by atoms with E-state index in [9.17, 15) is 19.2 Å². The van der Waals surface area contributed by atoms with Gasteiger partial charge in [-0.05, 0) is 19.9 Å². The number of nitriles is 1. The number of carbonyl (C=O) groups excluding carboxylic acids is 2. The molecule has 8 heteroatoms. The van der Waals surface area contributed by atoms with Gasteiger partial charge in [-0.2, -0.15) is 5.26 Å². The van der Waals surface area contributed by atoms with Crippen molar-refractivity contribution in [3.8, 4) is 6.07 Å². The second kappa shape index (κ2) is 8.85. The monoisotopic (exact) mass is 374 g/mol. The zero-order valence-electron chi connectivity index (χ0n) is 15.0. The van der Waals surface area contributed by atoms with Gasteiger partial charge < -0.3 is 19.9 Å². The van der Waals surface area contributed by atoms with Crippen LogP contribution < -0.4 is 5.73 Å². The van der Waals surface area contributed by atoms with Gasteiger partial charge in [0.05, 0.1) is 24.7 Å². The molecule has 0 spiro atoms. The van der Waals surface area contributed by atoms with E-state index in [1.54, 1.807) is 19.9 Å². The van der Waals surface area contributed by atoms with E-state index in [-0.39, 0.29) is 41.6 Å². The van der Waals surface area contributed by atoms with Crippen LogP contribution >= 0.6 is 0 Å². The van der Waals surface area contributed by atoms with Gasteiger partial charge in [0.25, 0.3) is 0 Å². The molecule has 1 aliphatic heterocycles. The number of hydrogen-bond acceptors (Lipinski definition) is 7. The van der Waals surface area contributed by atoms with Gasteiger partial charge in [0.15, 0.2) is 0 Å². The summed E-state index contributed by atoms with van der Waals surface area (Å²) in [5.74, 6) is -3.72. The third-order valence-corrected chi connectivity index (χ3v) is 3.82. The van der Waals surface area contributed by atoms with Crippen LogP contribution in [0.3, 0.4) is 0 Å². The van der Waals surface area contributed by atoms with Gasteiger partial charge in [-0.3, -0.25) is 4.79 Å². The van der Waals surface area contributed by atoms with Crippen molar-refractivity contribution in [3.63, 3.8) is 0 Å². The maximum absolute atomic E-state index is 14.5. The highest BCUT2D eigenvalue weighted by molar-refractivity contribution is 5.93. The molecule has 1 heterocycles. The first kappa shape index (κ1) is 20.0. The lowest BCUT2D eigenvalue weighted by Crippen LogP contribution is -2.28. The van der Waals surface area contributed by atoms with E-state index in [0.717, 1.165) is 0 Å². The first-order valence-corrected chi connectivity index (χ1v) is 8.32. The van der Waals surface area contributed by atoms with E-state index < -0.39 is 30.1 Å². The molecule has 1 unspecified atom stereocenters. The highest BCUT2D eigenvalue weighted by atomic mass is 19.1. The minimum Gasteiger partial charge on any atom is -0.466 e. The smallest absolute Gasteiger partial charge is 0.338 e. The highest BCUT2D eigenvalue weighted by Crippen LogP contribution is 2.41. The summed E-state index contributed by atoms with van der Waals surface area (Å²) < 4.78 is 29.8. The van der Waals surface area contributed by atoms with Crippen LogP contribution in [0.15, 0.2) is 47.1 Å². The minimum atomic E-state index is -1.16. The molecule has 27 heavy (non-hydrogen) atoms. The molecule has 7 nitrogen and oxygen atoms in total. The molecule has 0 aromatic heterocycles. The van der Waals surface area contributed by atoms with Crippen molar-refractivity contribution in [1.29, 1.82) is 5.26 Å². The molecule has 142 valence electrons. The van der Waals surface area contributed by atoms with Crippen LogP contribution in [-0.4, -0.2) is 25.2 Å². The molecule has 0 amide bonds. The number of esters is 2. The van der Waals surface area contributed by atoms with Gasteiger partial charge in [0, 0.05) is 5.56 Å². The second-order valence-electron chi connectivity index (χ2n) is 5.49. The minimum absolute atomic E-state index is 0.0418. The molecule has 1 atom stereocenters. The first-order valence-electron chi connectivity index (χ1n) is 8.32. The van der Waals surface area contributed by atoms with Gasteiger partial charge in [0.2, 0.25) is 5.88 Å². The molecular formula is C19H19FN2O5. The Labute approximate surface area is 155 Å². The third-order valence-electron chi connectivity index (χ3n) is 3.82. The van der Waals surface area contributed by atoms with Crippen LogP contribution in [-0.2, 0) is 23.8 Å². The lowest BCUT2D eigenvalue weighted by molar-refractivity contribution is -0.143. The number of halogens is 1. The molecule has 2 N–H and O–H groups in total.